The van der Waals surface area contributed by atoms with Crippen molar-refractivity contribution in [1.29, 1.82) is 0 Å². The highest BCUT2D eigenvalue weighted by atomic mass is 127. The van der Waals surface area contributed by atoms with Crippen LogP contribution in [0.3, 0.4) is 0 Å². The first-order chi connectivity index (χ1) is 6.93. The molecule has 0 aliphatic heterocycles. The molecule has 0 saturated heterocycles. The van der Waals surface area contributed by atoms with Crippen LogP contribution in [0.1, 0.15) is 17.7 Å². The summed E-state index contributed by atoms with van der Waals surface area (Å²) in [6, 6.07) is 0. The predicted octanol–water partition coefficient (Wildman–Crippen LogP) is 2.90. The van der Waals surface area contributed by atoms with Gasteiger partial charge >= 0.3 is 5.97 Å². The molecule has 82 valence electrons. The molecule has 0 bridgehead atoms. The summed E-state index contributed by atoms with van der Waals surface area (Å²) in [5, 5.41) is 8.36. The summed E-state index contributed by atoms with van der Waals surface area (Å²) < 4.78 is 25.0. The highest BCUT2D eigenvalue weighted by molar-refractivity contribution is 14.1. The van der Waals surface area contributed by atoms with Crippen LogP contribution in [0.4, 0.5) is 8.78 Å². The van der Waals surface area contributed by atoms with Gasteiger partial charge in [0.1, 0.15) is 5.69 Å². The number of rotatable bonds is 3. The first kappa shape index (κ1) is 12.6. The zero-order valence-corrected chi connectivity index (χ0v) is 10.1. The van der Waals surface area contributed by atoms with Gasteiger partial charge in [-0.3, -0.25) is 9.78 Å². The van der Waals surface area contributed by atoms with Crippen LogP contribution in [0.15, 0.2) is 6.20 Å². The van der Waals surface area contributed by atoms with E-state index in [2.05, 4.69) is 4.98 Å². The number of aliphatic carboxylic acids is 1. The minimum absolute atomic E-state index is 0.177. The van der Waals surface area contributed by atoms with E-state index in [0.29, 0.717) is 9.13 Å². The Morgan fingerprint density at radius 2 is 2.27 bits per heavy atom. The van der Waals surface area contributed by atoms with E-state index in [1.54, 1.807) is 22.6 Å². The van der Waals surface area contributed by atoms with E-state index in [4.69, 9.17) is 16.7 Å². The minimum atomic E-state index is -2.76. The number of carbonyl (C=O) groups is 1. The average Bonchev–Trinajstić information content (AvgIpc) is 2.12. The second-order valence-corrected chi connectivity index (χ2v) is 4.12. The van der Waals surface area contributed by atoms with Crippen LogP contribution in [0, 0.1) is 3.57 Å². The Balaban J connectivity index is 3.15. The van der Waals surface area contributed by atoms with Gasteiger partial charge in [-0.05, 0) is 28.2 Å². The Kier molecular flexibility index (Phi) is 4.21. The number of carboxylic acid groups (broad SMARTS) is 1. The maximum atomic E-state index is 12.3. The van der Waals surface area contributed by atoms with E-state index < -0.39 is 18.1 Å². The molecule has 0 aromatic carbocycles. The van der Waals surface area contributed by atoms with Gasteiger partial charge in [0.05, 0.1) is 11.4 Å². The molecule has 15 heavy (non-hydrogen) atoms. The van der Waals surface area contributed by atoms with E-state index in [9.17, 15) is 13.6 Å². The van der Waals surface area contributed by atoms with Crippen molar-refractivity contribution >= 4 is 40.2 Å². The van der Waals surface area contributed by atoms with Crippen LogP contribution in [-0.2, 0) is 11.2 Å². The standard InChI is InChI=1S/C8H5ClF2INO2/c9-5-6(12)3(1-4(14)15)2-13-7(5)8(10)11/h2,8H,1H2,(H,14,15). The molecule has 0 unspecified atom stereocenters. The number of aromatic nitrogens is 1. The summed E-state index contributed by atoms with van der Waals surface area (Å²) in [5.74, 6) is -1.06. The molecular weight excluding hydrogens is 342 g/mol. The Labute approximate surface area is 103 Å². The van der Waals surface area contributed by atoms with E-state index in [0.717, 1.165) is 6.20 Å². The second kappa shape index (κ2) is 5.02. The summed E-state index contributed by atoms with van der Waals surface area (Å²) in [4.78, 5) is 13.9. The third-order valence-corrected chi connectivity index (χ3v) is 3.54. The lowest BCUT2D eigenvalue weighted by molar-refractivity contribution is -0.136. The summed E-state index contributed by atoms with van der Waals surface area (Å²) >= 11 is 7.36. The van der Waals surface area contributed by atoms with Crippen LogP contribution in [-0.4, -0.2) is 16.1 Å². The summed E-state index contributed by atoms with van der Waals surface area (Å²) in [6.45, 7) is 0. The van der Waals surface area contributed by atoms with E-state index in [-0.39, 0.29) is 11.4 Å². The van der Waals surface area contributed by atoms with Gasteiger partial charge in [0, 0.05) is 9.77 Å². The molecule has 1 heterocycles. The number of hydrogen-bond acceptors (Lipinski definition) is 2. The normalized spacial score (nSPS) is 10.7. The van der Waals surface area contributed by atoms with Crippen molar-refractivity contribution in [2.24, 2.45) is 0 Å². The quantitative estimate of drug-likeness (QED) is 0.856. The first-order valence-corrected chi connectivity index (χ1v) is 5.22. The zero-order chi connectivity index (χ0) is 11.6. The zero-order valence-electron chi connectivity index (χ0n) is 7.18. The Morgan fingerprint density at radius 1 is 1.67 bits per heavy atom. The average molecular weight is 347 g/mol. The number of pyridine rings is 1. The fourth-order valence-electron chi connectivity index (χ4n) is 0.953. The van der Waals surface area contributed by atoms with Crippen molar-refractivity contribution in [3.63, 3.8) is 0 Å². The Morgan fingerprint density at radius 3 is 2.73 bits per heavy atom. The van der Waals surface area contributed by atoms with Crippen molar-refractivity contribution in [2.45, 2.75) is 12.8 Å². The molecule has 0 saturated carbocycles. The smallest absolute Gasteiger partial charge is 0.307 e. The SMILES string of the molecule is O=C(O)Cc1cnc(C(F)F)c(Cl)c1I. The molecule has 0 atom stereocenters. The van der Waals surface area contributed by atoms with Gasteiger partial charge in [-0.2, -0.15) is 0 Å². The lowest BCUT2D eigenvalue weighted by Crippen LogP contribution is -2.05. The molecule has 0 spiro atoms. The largest absolute Gasteiger partial charge is 0.481 e. The van der Waals surface area contributed by atoms with Crippen LogP contribution in [0.25, 0.3) is 0 Å². The van der Waals surface area contributed by atoms with Crippen molar-refractivity contribution in [1.82, 2.24) is 4.98 Å². The monoisotopic (exact) mass is 347 g/mol. The lowest BCUT2D eigenvalue weighted by atomic mass is 10.2. The fourth-order valence-corrected chi connectivity index (χ4v) is 1.81. The molecule has 0 amide bonds. The molecule has 7 heteroatoms. The maximum absolute atomic E-state index is 12.3. The highest BCUT2D eigenvalue weighted by Crippen LogP contribution is 2.30. The molecule has 0 fully saturated rings. The molecule has 3 nitrogen and oxygen atoms in total. The third kappa shape index (κ3) is 2.97. The van der Waals surface area contributed by atoms with Crippen LogP contribution < -0.4 is 0 Å². The van der Waals surface area contributed by atoms with Crippen LogP contribution in [0.2, 0.25) is 5.02 Å². The number of nitrogens with zero attached hydrogens (tertiary/aromatic N) is 1. The lowest BCUT2D eigenvalue weighted by Gasteiger charge is -2.07. The summed E-state index contributed by atoms with van der Waals surface area (Å²) in [6.07, 6.45) is -1.93. The van der Waals surface area contributed by atoms with Crippen molar-refractivity contribution in [2.75, 3.05) is 0 Å². The van der Waals surface area contributed by atoms with Crippen molar-refractivity contribution in [3.8, 4) is 0 Å². The molecule has 1 rings (SSSR count). The molecule has 0 aliphatic rings. The van der Waals surface area contributed by atoms with E-state index in [1.807, 2.05) is 0 Å². The van der Waals surface area contributed by atoms with Crippen molar-refractivity contribution in [3.05, 3.63) is 26.0 Å². The number of carboxylic acids is 1. The Hall–Kier alpha value is -0.500. The molecule has 1 aromatic rings. The molecule has 0 aliphatic carbocycles. The number of hydrogen-bond donors (Lipinski definition) is 1. The fraction of sp³-hybridized carbons (Fsp3) is 0.250. The highest BCUT2D eigenvalue weighted by Gasteiger charge is 2.19. The minimum Gasteiger partial charge on any atom is -0.481 e. The predicted molar refractivity (Wildman–Crippen MR) is 58.3 cm³/mol. The first-order valence-electron chi connectivity index (χ1n) is 3.76. The summed E-state index contributed by atoms with van der Waals surface area (Å²) in [7, 11) is 0. The van der Waals surface area contributed by atoms with E-state index in [1.165, 1.54) is 0 Å². The Bertz CT molecular complexity index is 400. The van der Waals surface area contributed by atoms with Gasteiger partial charge in [-0.25, -0.2) is 8.78 Å². The third-order valence-electron chi connectivity index (χ3n) is 1.61. The van der Waals surface area contributed by atoms with Crippen LogP contribution in [0.5, 0.6) is 0 Å². The van der Waals surface area contributed by atoms with Gasteiger partial charge < -0.3 is 5.11 Å². The molecule has 1 aromatic heterocycles. The molecular formula is C8H5ClF2INO2. The van der Waals surface area contributed by atoms with Crippen molar-refractivity contribution < 1.29 is 18.7 Å². The van der Waals surface area contributed by atoms with E-state index >= 15 is 0 Å². The van der Waals surface area contributed by atoms with Gasteiger partial charge in [0.15, 0.2) is 0 Å². The topological polar surface area (TPSA) is 50.2 Å². The van der Waals surface area contributed by atoms with Crippen LogP contribution >= 0.6 is 34.2 Å². The molecule has 1 N–H and O–H groups in total. The summed E-state index contributed by atoms with van der Waals surface area (Å²) in [5.41, 5.74) is -0.187. The molecule has 0 radical (unpaired) electrons. The van der Waals surface area contributed by atoms with Gasteiger partial charge in [0.25, 0.3) is 6.43 Å². The maximum Gasteiger partial charge on any atom is 0.307 e. The van der Waals surface area contributed by atoms with Gasteiger partial charge in [0.2, 0.25) is 0 Å². The second-order valence-electron chi connectivity index (χ2n) is 2.67. The van der Waals surface area contributed by atoms with Gasteiger partial charge in [-0.1, -0.05) is 11.6 Å². The van der Waals surface area contributed by atoms with Gasteiger partial charge in [-0.15, -0.1) is 0 Å². The number of halogens is 4. The number of alkyl halides is 2.